The zero-order valence-electron chi connectivity index (χ0n) is 17.6. The van der Waals surface area contributed by atoms with Gasteiger partial charge in [0.2, 0.25) is 5.88 Å². The predicted octanol–water partition coefficient (Wildman–Crippen LogP) is 5.58. The highest BCUT2D eigenvalue weighted by Crippen LogP contribution is 2.44. The van der Waals surface area contributed by atoms with Gasteiger partial charge in [-0.2, -0.15) is 0 Å². The number of fused-ring (bicyclic) bond motifs is 1. The normalized spacial score (nSPS) is 10.7. The van der Waals surface area contributed by atoms with Crippen LogP contribution in [0.5, 0.6) is 23.1 Å². The molecule has 0 fully saturated rings. The van der Waals surface area contributed by atoms with Gasteiger partial charge in [0.15, 0.2) is 0 Å². The molecule has 0 aliphatic rings. The number of nitrogens with zero attached hydrogens (tertiary/aromatic N) is 2. The molecule has 10 heteroatoms. The Bertz CT molecular complexity index is 1340. The second-order valence-electron chi connectivity index (χ2n) is 6.81. The Balaban J connectivity index is 1.67. The minimum Gasteiger partial charge on any atom is -0.495 e. The molecule has 3 N–H and O–H groups in total. The van der Waals surface area contributed by atoms with E-state index in [9.17, 15) is 4.79 Å². The fraction of sp³-hybridized carbons (Fsp3) is 0.0870. The van der Waals surface area contributed by atoms with Gasteiger partial charge in [-0.25, -0.2) is 9.97 Å². The zero-order chi connectivity index (χ0) is 23.5. The third kappa shape index (κ3) is 4.57. The Kier molecular flexibility index (Phi) is 6.39. The first-order valence-electron chi connectivity index (χ1n) is 9.60. The van der Waals surface area contributed by atoms with Gasteiger partial charge in [-0.3, -0.25) is 4.79 Å². The lowest BCUT2D eigenvalue weighted by Crippen LogP contribution is -2.13. The van der Waals surface area contributed by atoms with E-state index in [1.165, 1.54) is 26.6 Å². The zero-order valence-corrected chi connectivity index (χ0v) is 19.1. The number of nitrogens with one attached hydrogen (secondary N) is 1. The number of rotatable bonds is 6. The summed E-state index contributed by atoms with van der Waals surface area (Å²) in [5.74, 6) is 1.37. The monoisotopic (exact) mass is 484 g/mol. The Labute approximate surface area is 199 Å². The highest BCUT2D eigenvalue weighted by Gasteiger charge is 2.20. The molecule has 0 aliphatic carbocycles. The quantitative estimate of drug-likeness (QED) is 0.367. The molecule has 4 aromatic rings. The summed E-state index contributed by atoms with van der Waals surface area (Å²) in [7, 11) is 2.92. The summed E-state index contributed by atoms with van der Waals surface area (Å²) in [6.45, 7) is 0. The largest absolute Gasteiger partial charge is 0.495 e. The predicted molar refractivity (Wildman–Crippen MR) is 128 cm³/mol. The minimum atomic E-state index is -0.406. The third-order valence-corrected chi connectivity index (χ3v) is 5.54. The number of hydrogen-bond acceptors (Lipinski definition) is 7. The van der Waals surface area contributed by atoms with E-state index in [0.29, 0.717) is 39.9 Å². The van der Waals surface area contributed by atoms with Gasteiger partial charge in [0.1, 0.15) is 39.4 Å². The molecule has 4 rings (SSSR count). The van der Waals surface area contributed by atoms with Gasteiger partial charge in [0.25, 0.3) is 5.91 Å². The first-order valence-corrected chi connectivity index (χ1v) is 10.4. The van der Waals surface area contributed by atoms with E-state index in [1.54, 1.807) is 36.4 Å². The Hall–Kier alpha value is -3.75. The van der Waals surface area contributed by atoms with Gasteiger partial charge < -0.3 is 25.3 Å². The summed E-state index contributed by atoms with van der Waals surface area (Å²) in [4.78, 5) is 21.0. The first kappa shape index (κ1) is 22.4. The van der Waals surface area contributed by atoms with E-state index >= 15 is 0 Å². The number of carbonyl (C=O) groups is 1. The van der Waals surface area contributed by atoms with Crippen LogP contribution in [0, 0.1) is 0 Å². The van der Waals surface area contributed by atoms with Gasteiger partial charge in [-0.05, 0) is 35.0 Å². The van der Waals surface area contributed by atoms with Crippen LogP contribution >= 0.6 is 23.2 Å². The summed E-state index contributed by atoms with van der Waals surface area (Å²) in [5.41, 5.74) is 6.28. The van der Waals surface area contributed by atoms with Crippen molar-refractivity contribution in [2.45, 2.75) is 0 Å². The Morgan fingerprint density at radius 2 is 1.70 bits per heavy atom. The fourth-order valence-corrected chi connectivity index (χ4v) is 3.82. The highest BCUT2D eigenvalue weighted by atomic mass is 35.5. The number of nitrogens with two attached hydrogens (primary N) is 1. The van der Waals surface area contributed by atoms with Crippen molar-refractivity contribution in [3.05, 3.63) is 70.5 Å². The summed E-state index contributed by atoms with van der Waals surface area (Å²) in [5, 5.41) is 4.58. The molecule has 0 spiro atoms. The van der Waals surface area contributed by atoms with Crippen LogP contribution in [-0.4, -0.2) is 30.1 Å². The number of aromatic nitrogens is 2. The molecule has 1 heterocycles. The molecule has 3 aromatic carbocycles. The van der Waals surface area contributed by atoms with Crippen LogP contribution in [0.2, 0.25) is 10.0 Å². The average molecular weight is 485 g/mol. The molecule has 1 aromatic heterocycles. The molecule has 0 saturated heterocycles. The molecule has 168 valence electrons. The number of benzene rings is 3. The highest BCUT2D eigenvalue weighted by molar-refractivity contribution is 6.42. The minimum absolute atomic E-state index is 0.164. The van der Waals surface area contributed by atoms with Crippen LogP contribution in [0.1, 0.15) is 10.4 Å². The van der Waals surface area contributed by atoms with Gasteiger partial charge in [0, 0.05) is 17.7 Å². The van der Waals surface area contributed by atoms with Gasteiger partial charge >= 0.3 is 0 Å². The number of nitrogen functional groups attached to an aromatic ring is 1. The lowest BCUT2D eigenvalue weighted by atomic mass is 10.0. The molecule has 0 atom stereocenters. The number of ether oxygens (including phenoxy) is 3. The average Bonchev–Trinajstić information content (AvgIpc) is 2.81. The Morgan fingerprint density at radius 1 is 0.970 bits per heavy atom. The van der Waals surface area contributed by atoms with Crippen LogP contribution in [0.25, 0.3) is 10.8 Å². The molecule has 0 saturated carbocycles. The molecule has 1 amide bonds. The molecule has 0 unspecified atom stereocenters. The SMILES string of the molecule is COc1cc(OC)c(Cl)c(NC(=O)c2cccc3cc(Oc4cc(N)ncn4)ccc23)c1Cl. The van der Waals surface area contributed by atoms with Gasteiger partial charge in [0.05, 0.1) is 19.9 Å². The molecule has 0 aliphatic heterocycles. The molecule has 8 nitrogen and oxygen atoms in total. The smallest absolute Gasteiger partial charge is 0.256 e. The summed E-state index contributed by atoms with van der Waals surface area (Å²) >= 11 is 12.8. The molecular weight excluding hydrogens is 467 g/mol. The molecule has 33 heavy (non-hydrogen) atoms. The number of hydrogen-bond donors (Lipinski definition) is 2. The standard InChI is InChI=1S/C23H18Cl2N4O4/c1-31-16-9-17(32-2)21(25)22(20(16)24)29-23(30)15-5-3-4-12-8-13(6-7-14(12)15)33-19-10-18(26)27-11-28-19/h3-11H,1-2H3,(H,29,30)(H2,26,27,28). The van der Waals surface area contributed by atoms with Crippen molar-refractivity contribution in [3.8, 4) is 23.1 Å². The summed E-state index contributed by atoms with van der Waals surface area (Å²) in [6.07, 6.45) is 1.32. The van der Waals surface area contributed by atoms with Gasteiger partial charge in [-0.15, -0.1) is 0 Å². The van der Waals surface area contributed by atoms with Crippen molar-refractivity contribution in [1.29, 1.82) is 0 Å². The van der Waals surface area contributed by atoms with Crippen molar-refractivity contribution in [3.63, 3.8) is 0 Å². The molecule has 0 bridgehead atoms. The van der Waals surface area contributed by atoms with Crippen molar-refractivity contribution in [2.24, 2.45) is 0 Å². The first-order chi connectivity index (χ1) is 15.9. The maximum absolute atomic E-state index is 13.2. The fourth-order valence-electron chi connectivity index (χ4n) is 3.23. The van der Waals surface area contributed by atoms with Crippen LogP contribution in [0.4, 0.5) is 11.5 Å². The van der Waals surface area contributed by atoms with E-state index in [-0.39, 0.29) is 15.7 Å². The van der Waals surface area contributed by atoms with Crippen LogP contribution in [0.15, 0.2) is 54.9 Å². The van der Waals surface area contributed by atoms with E-state index < -0.39 is 5.91 Å². The van der Waals surface area contributed by atoms with Crippen molar-refractivity contribution in [2.75, 3.05) is 25.3 Å². The van der Waals surface area contributed by atoms with E-state index in [4.69, 9.17) is 43.1 Å². The summed E-state index contributed by atoms with van der Waals surface area (Å²) in [6, 6.07) is 13.7. The second-order valence-corrected chi connectivity index (χ2v) is 7.57. The second kappa shape index (κ2) is 9.40. The van der Waals surface area contributed by atoms with Crippen LogP contribution in [-0.2, 0) is 0 Å². The number of amides is 1. The van der Waals surface area contributed by atoms with Crippen molar-refractivity contribution >= 4 is 51.4 Å². The van der Waals surface area contributed by atoms with Crippen molar-refractivity contribution < 1.29 is 19.0 Å². The lowest BCUT2D eigenvalue weighted by Gasteiger charge is -2.16. The summed E-state index contributed by atoms with van der Waals surface area (Å²) < 4.78 is 16.3. The number of methoxy groups -OCH3 is 2. The van der Waals surface area contributed by atoms with Crippen molar-refractivity contribution in [1.82, 2.24) is 9.97 Å². The van der Waals surface area contributed by atoms with Crippen LogP contribution in [0.3, 0.4) is 0 Å². The van der Waals surface area contributed by atoms with Gasteiger partial charge in [-0.1, -0.05) is 35.3 Å². The van der Waals surface area contributed by atoms with E-state index in [1.807, 2.05) is 6.07 Å². The van der Waals surface area contributed by atoms with Crippen LogP contribution < -0.4 is 25.3 Å². The maximum atomic E-state index is 13.2. The number of carbonyl (C=O) groups excluding carboxylic acids is 1. The Morgan fingerprint density at radius 3 is 2.36 bits per heavy atom. The lowest BCUT2D eigenvalue weighted by molar-refractivity contribution is 0.102. The number of anilines is 2. The number of halogens is 2. The molecular formula is C23H18Cl2N4O4. The van der Waals surface area contributed by atoms with E-state index in [0.717, 1.165) is 5.39 Å². The topological polar surface area (TPSA) is 109 Å². The maximum Gasteiger partial charge on any atom is 0.256 e. The van der Waals surface area contributed by atoms with E-state index in [2.05, 4.69) is 15.3 Å². The molecule has 0 radical (unpaired) electrons. The third-order valence-electron chi connectivity index (χ3n) is 4.79.